The number of amides is 1. The molecule has 0 radical (unpaired) electrons. The SMILES string of the molecule is O=C(N1CC[C@@H](COc2ccc(C(F)(F)F)cc2)C1)C1(c2ccc(Cl)cc2)CCC1. The standard InChI is InChI=1S/C23H23ClF3NO2/c24-19-6-2-17(3-7-19)22(11-1-12-22)21(29)28-13-10-16(14-28)15-30-20-8-4-18(5-9-20)23(25,26)27/h2-9,16H,1,10-15H2/t16-/m1/s1. The molecule has 4 rings (SSSR count). The van der Waals surface area contributed by atoms with Crippen LogP contribution in [0.25, 0.3) is 0 Å². The molecule has 2 aliphatic rings. The van der Waals surface area contributed by atoms with Gasteiger partial charge in [-0.15, -0.1) is 0 Å². The zero-order valence-corrected chi connectivity index (χ0v) is 17.2. The molecule has 0 aromatic heterocycles. The minimum Gasteiger partial charge on any atom is -0.493 e. The van der Waals surface area contributed by atoms with E-state index in [0.717, 1.165) is 43.4 Å². The van der Waals surface area contributed by atoms with Crippen LogP contribution in [0, 0.1) is 5.92 Å². The van der Waals surface area contributed by atoms with Gasteiger partial charge >= 0.3 is 6.18 Å². The second-order valence-corrected chi connectivity index (χ2v) is 8.62. The highest BCUT2D eigenvalue weighted by Crippen LogP contribution is 2.46. The Bertz CT molecular complexity index is 892. The Labute approximate surface area is 178 Å². The van der Waals surface area contributed by atoms with E-state index in [0.29, 0.717) is 30.5 Å². The summed E-state index contributed by atoms with van der Waals surface area (Å²) in [4.78, 5) is 15.2. The van der Waals surface area contributed by atoms with Crippen LogP contribution in [0.15, 0.2) is 48.5 Å². The maximum atomic E-state index is 13.3. The van der Waals surface area contributed by atoms with Gasteiger partial charge in [0.2, 0.25) is 5.91 Å². The highest BCUT2D eigenvalue weighted by atomic mass is 35.5. The number of nitrogens with zero attached hydrogens (tertiary/aromatic N) is 1. The maximum absolute atomic E-state index is 13.3. The molecule has 7 heteroatoms. The molecule has 1 saturated carbocycles. The largest absolute Gasteiger partial charge is 0.493 e. The molecule has 1 aliphatic carbocycles. The second kappa shape index (κ2) is 8.14. The van der Waals surface area contributed by atoms with Crippen LogP contribution in [0.1, 0.15) is 36.8 Å². The number of hydrogen-bond donors (Lipinski definition) is 0. The second-order valence-electron chi connectivity index (χ2n) is 8.18. The third kappa shape index (κ3) is 4.15. The molecule has 30 heavy (non-hydrogen) atoms. The van der Waals surface area contributed by atoms with Crippen LogP contribution in [-0.2, 0) is 16.4 Å². The summed E-state index contributed by atoms with van der Waals surface area (Å²) in [7, 11) is 0. The Morgan fingerprint density at radius 3 is 2.33 bits per heavy atom. The predicted molar refractivity (Wildman–Crippen MR) is 109 cm³/mol. The van der Waals surface area contributed by atoms with E-state index in [9.17, 15) is 18.0 Å². The Morgan fingerprint density at radius 1 is 1.10 bits per heavy atom. The van der Waals surface area contributed by atoms with Gasteiger partial charge in [0.1, 0.15) is 5.75 Å². The molecular weight excluding hydrogens is 415 g/mol. The van der Waals surface area contributed by atoms with E-state index >= 15 is 0 Å². The number of alkyl halides is 3. The van der Waals surface area contributed by atoms with E-state index in [1.165, 1.54) is 12.1 Å². The molecule has 2 aromatic rings. The molecule has 1 heterocycles. The number of carbonyl (C=O) groups excluding carboxylic acids is 1. The van der Waals surface area contributed by atoms with Crippen molar-refractivity contribution in [1.82, 2.24) is 4.90 Å². The van der Waals surface area contributed by atoms with Crippen LogP contribution < -0.4 is 4.74 Å². The maximum Gasteiger partial charge on any atom is 0.416 e. The summed E-state index contributed by atoms with van der Waals surface area (Å²) in [5, 5.41) is 0.655. The third-order valence-electron chi connectivity index (χ3n) is 6.25. The summed E-state index contributed by atoms with van der Waals surface area (Å²) in [6, 6.07) is 12.3. The van der Waals surface area contributed by atoms with Gasteiger partial charge < -0.3 is 9.64 Å². The molecule has 1 amide bonds. The zero-order valence-electron chi connectivity index (χ0n) is 16.4. The third-order valence-corrected chi connectivity index (χ3v) is 6.51. The van der Waals surface area contributed by atoms with Crippen molar-refractivity contribution in [3.05, 3.63) is 64.7 Å². The summed E-state index contributed by atoms with van der Waals surface area (Å²) < 4.78 is 43.7. The van der Waals surface area contributed by atoms with Gasteiger partial charge in [-0.1, -0.05) is 30.2 Å². The molecule has 1 aliphatic heterocycles. The molecule has 0 bridgehead atoms. The highest BCUT2D eigenvalue weighted by molar-refractivity contribution is 6.30. The van der Waals surface area contributed by atoms with Gasteiger partial charge in [-0.2, -0.15) is 13.2 Å². The van der Waals surface area contributed by atoms with Crippen molar-refractivity contribution in [2.75, 3.05) is 19.7 Å². The van der Waals surface area contributed by atoms with Gasteiger partial charge in [0.25, 0.3) is 0 Å². The van der Waals surface area contributed by atoms with Gasteiger partial charge in [0, 0.05) is 24.0 Å². The molecule has 1 atom stereocenters. The molecule has 1 saturated heterocycles. The van der Waals surface area contributed by atoms with E-state index in [2.05, 4.69) is 0 Å². The lowest BCUT2D eigenvalue weighted by Crippen LogP contribution is -2.50. The lowest BCUT2D eigenvalue weighted by atomic mass is 9.63. The van der Waals surface area contributed by atoms with E-state index in [1.54, 1.807) is 0 Å². The zero-order chi connectivity index (χ0) is 21.4. The van der Waals surface area contributed by atoms with Crippen molar-refractivity contribution in [2.45, 2.75) is 37.3 Å². The number of hydrogen-bond acceptors (Lipinski definition) is 2. The summed E-state index contributed by atoms with van der Waals surface area (Å²) in [6.07, 6.45) is -0.814. The molecule has 0 N–H and O–H groups in total. The lowest BCUT2D eigenvalue weighted by Gasteiger charge is -2.43. The summed E-state index contributed by atoms with van der Waals surface area (Å²) in [6.45, 7) is 1.66. The monoisotopic (exact) mass is 437 g/mol. The highest BCUT2D eigenvalue weighted by Gasteiger charge is 2.48. The van der Waals surface area contributed by atoms with Crippen LogP contribution in [-0.4, -0.2) is 30.5 Å². The van der Waals surface area contributed by atoms with Crippen molar-refractivity contribution < 1.29 is 22.7 Å². The minimum absolute atomic E-state index is 0.160. The van der Waals surface area contributed by atoms with Gasteiger partial charge in [-0.25, -0.2) is 0 Å². The average Bonchev–Trinajstić information content (AvgIpc) is 3.15. The first-order valence-electron chi connectivity index (χ1n) is 10.1. The van der Waals surface area contributed by atoms with Gasteiger partial charge in [-0.05, 0) is 61.2 Å². The number of ether oxygens (including phenoxy) is 1. The Morgan fingerprint density at radius 2 is 1.77 bits per heavy atom. The van der Waals surface area contributed by atoms with E-state index in [4.69, 9.17) is 16.3 Å². The van der Waals surface area contributed by atoms with Crippen molar-refractivity contribution >= 4 is 17.5 Å². The Balaban J connectivity index is 1.35. The first-order chi connectivity index (χ1) is 14.3. The van der Waals surface area contributed by atoms with Crippen LogP contribution in [0.3, 0.4) is 0 Å². The molecular formula is C23H23ClF3NO2. The quantitative estimate of drug-likeness (QED) is 0.599. The Hall–Kier alpha value is -2.21. The number of halogens is 4. The molecule has 160 valence electrons. The van der Waals surface area contributed by atoms with E-state index in [1.807, 2.05) is 29.2 Å². The first-order valence-corrected chi connectivity index (χ1v) is 10.5. The fourth-order valence-corrected chi connectivity index (χ4v) is 4.46. The lowest BCUT2D eigenvalue weighted by molar-refractivity contribution is -0.140. The van der Waals surface area contributed by atoms with Crippen molar-refractivity contribution in [3.8, 4) is 5.75 Å². The predicted octanol–water partition coefficient (Wildman–Crippen LogP) is 5.71. The van der Waals surface area contributed by atoms with Gasteiger partial charge in [0.05, 0.1) is 17.6 Å². The minimum atomic E-state index is -4.35. The summed E-state index contributed by atoms with van der Waals surface area (Å²) >= 11 is 6.00. The first kappa shape index (κ1) is 21.0. The number of rotatable bonds is 5. The molecule has 2 aromatic carbocycles. The number of likely N-dealkylation sites (tertiary alicyclic amines) is 1. The van der Waals surface area contributed by atoms with Crippen LogP contribution in [0.4, 0.5) is 13.2 Å². The van der Waals surface area contributed by atoms with Gasteiger partial charge in [0.15, 0.2) is 0 Å². The molecule has 0 unspecified atom stereocenters. The normalized spacial score (nSPS) is 20.7. The Kier molecular flexibility index (Phi) is 5.71. The molecule has 0 spiro atoms. The van der Waals surface area contributed by atoms with Crippen molar-refractivity contribution in [1.29, 1.82) is 0 Å². The van der Waals surface area contributed by atoms with E-state index < -0.39 is 17.2 Å². The summed E-state index contributed by atoms with van der Waals surface area (Å²) in [5.41, 5.74) is -0.124. The topological polar surface area (TPSA) is 29.5 Å². The average molecular weight is 438 g/mol. The summed E-state index contributed by atoms with van der Waals surface area (Å²) in [5.74, 6) is 0.732. The fraction of sp³-hybridized carbons (Fsp3) is 0.435. The number of benzene rings is 2. The molecule has 2 fully saturated rings. The van der Waals surface area contributed by atoms with E-state index in [-0.39, 0.29) is 11.8 Å². The fourth-order valence-electron chi connectivity index (χ4n) is 4.34. The van der Waals surface area contributed by atoms with Crippen LogP contribution in [0.2, 0.25) is 5.02 Å². The molecule has 3 nitrogen and oxygen atoms in total. The van der Waals surface area contributed by atoms with Crippen LogP contribution >= 0.6 is 11.6 Å². The van der Waals surface area contributed by atoms with Crippen LogP contribution in [0.5, 0.6) is 5.75 Å². The number of carbonyl (C=O) groups is 1. The van der Waals surface area contributed by atoms with Crippen molar-refractivity contribution in [2.24, 2.45) is 5.92 Å². The smallest absolute Gasteiger partial charge is 0.416 e. The van der Waals surface area contributed by atoms with Crippen molar-refractivity contribution in [3.63, 3.8) is 0 Å². The van der Waals surface area contributed by atoms with Gasteiger partial charge in [-0.3, -0.25) is 4.79 Å².